The van der Waals surface area contributed by atoms with E-state index in [1.165, 1.54) is 30.0 Å². The molecule has 0 bridgehead atoms. The predicted molar refractivity (Wildman–Crippen MR) is 97.1 cm³/mol. The molecule has 144 valence electrons. The molecule has 1 amide bonds. The molecular weight excluding hydrogens is 373 g/mol. The molecule has 0 aliphatic heterocycles. The molecule has 28 heavy (non-hydrogen) atoms. The second kappa shape index (κ2) is 7.99. The molecule has 0 fully saturated rings. The monoisotopic (exact) mass is 388 g/mol. The van der Waals surface area contributed by atoms with Gasteiger partial charge in [0.25, 0.3) is 11.5 Å². The van der Waals surface area contributed by atoms with Crippen LogP contribution in [-0.4, -0.2) is 17.6 Å². The van der Waals surface area contributed by atoms with E-state index >= 15 is 0 Å². The number of anilines is 1. The van der Waals surface area contributed by atoms with Crippen molar-refractivity contribution in [1.29, 1.82) is 0 Å². The van der Waals surface area contributed by atoms with Gasteiger partial charge in [0, 0.05) is 6.20 Å². The molecule has 0 aliphatic carbocycles. The lowest BCUT2D eigenvalue weighted by Crippen LogP contribution is -2.29. The highest BCUT2D eigenvalue weighted by Crippen LogP contribution is 2.20. The average Bonchev–Trinajstić information content (AvgIpc) is 2.70. The van der Waals surface area contributed by atoms with Crippen molar-refractivity contribution >= 4 is 11.6 Å². The van der Waals surface area contributed by atoms with Crippen LogP contribution in [0.4, 0.5) is 18.9 Å². The molecule has 0 unspecified atom stereocenters. The van der Waals surface area contributed by atoms with Crippen molar-refractivity contribution in [3.8, 4) is 5.75 Å². The molecular formula is C20H15F3N2O3. The first-order chi connectivity index (χ1) is 13.4. The van der Waals surface area contributed by atoms with E-state index in [2.05, 4.69) is 5.32 Å². The summed E-state index contributed by atoms with van der Waals surface area (Å²) >= 11 is 0. The van der Waals surface area contributed by atoms with E-state index in [9.17, 15) is 22.8 Å². The van der Waals surface area contributed by atoms with Crippen molar-refractivity contribution in [1.82, 2.24) is 4.57 Å². The summed E-state index contributed by atoms with van der Waals surface area (Å²) in [6, 6.07) is 11.3. The Kier molecular flexibility index (Phi) is 5.49. The smallest absolute Gasteiger partial charge is 0.263 e. The fourth-order valence-corrected chi connectivity index (χ4v) is 2.57. The zero-order valence-corrected chi connectivity index (χ0v) is 14.7. The number of ether oxygens (including phenoxy) is 1. The normalized spacial score (nSPS) is 10.6. The van der Waals surface area contributed by atoms with Crippen LogP contribution in [-0.2, 0) is 6.54 Å². The highest BCUT2D eigenvalue weighted by atomic mass is 19.2. The first kappa shape index (κ1) is 19.2. The molecule has 1 aromatic heterocycles. The second-order valence-electron chi connectivity index (χ2n) is 5.88. The lowest BCUT2D eigenvalue weighted by Gasteiger charge is -2.10. The maximum atomic E-state index is 13.7. The Morgan fingerprint density at radius 1 is 1.04 bits per heavy atom. The maximum Gasteiger partial charge on any atom is 0.263 e. The van der Waals surface area contributed by atoms with Gasteiger partial charge in [-0.2, -0.15) is 0 Å². The zero-order valence-electron chi connectivity index (χ0n) is 14.7. The number of pyridine rings is 1. The number of hydrogen-bond donors (Lipinski definition) is 1. The van der Waals surface area contributed by atoms with Gasteiger partial charge in [-0.05, 0) is 42.0 Å². The van der Waals surface area contributed by atoms with Gasteiger partial charge in [0.2, 0.25) is 0 Å². The molecule has 0 spiro atoms. The predicted octanol–water partition coefficient (Wildman–Crippen LogP) is 3.57. The van der Waals surface area contributed by atoms with Crippen LogP contribution >= 0.6 is 0 Å². The Morgan fingerprint density at radius 3 is 2.43 bits per heavy atom. The van der Waals surface area contributed by atoms with Crippen molar-refractivity contribution in [2.24, 2.45) is 0 Å². The summed E-state index contributed by atoms with van der Waals surface area (Å²) in [4.78, 5) is 24.9. The molecule has 3 aromatic rings. The Morgan fingerprint density at radius 2 is 1.75 bits per heavy atom. The Hall–Kier alpha value is -3.55. The number of hydrogen-bond acceptors (Lipinski definition) is 3. The maximum absolute atomic E-state index is 13.7. The minimum absolute atomic E-state index is 0.198. The number of carbonyl (C=O) groups is 1. The van der Waals surface area contributed by atoms with Crippen LogP contribution < -0.4 is 15.6 Å². The van der Waals surface area contributed by atoms with E-state index in [0.717, 1.165) is 11.6 Å². The quantitative estimate of drug-likeness (QED) is 0.680. The highest BCUT2D eigenvalue weighted by molar-refractivity contribution is 6.04. The Balaban J connectivity index is 1.85. The molecule has 0 aliphatic rings. The molecule has 0 atom stereocenters. The number of methoxy groups -OCH3 is 1. The first-order valence-electron chi connectivity index (χ1n) is 8.18. The third-order valence-electron chi connectivity index (χ3n) is 4.06. The first-order valence-corrected chi connectivity index (χ1v) is 8.18. The summed E-state index contributed by atoms with van der Waals surface area (Å²) < 4.78 is 46.4. The molecule has 0 radical (unpaired) electrons. The number of halogens is 3. The minimum atomic E-state index is -1.71. The fourth-order valence-electron chi connectivity index (χ4n) is 2.57. The Labute approximate surface area is 158 Å². The van der Waals surface area contributed by atoms with Crippen molar-refractivity contribution in [3.63, 3.8) is 0 Å². The van der Waals surface area contributed by atoms with Crippen molar-refractivity contribution in [2.75, 3.05) is 12.4 Å². The van der Waals surface area contributed by atoms with Gasteiger partial charge in [-0.3, -0.25) is 9.59 Å². The van der Waals surface area contributed by atoms with Crippen LogP contribution in [0, 0.1) is 17.5 Å². The Bertz CT molecular complexity index is 1080. The van der Waals surface area contributed by atoms with Crippen LogP contribution in [0.15, 0.2) is 59.5 Å². The number of nitrogens with one attached hydrogen (secondary N) is 1. The lowest BCUT2D eigenvalue weighted by molar-refractivity contribution is 0.102. The van der Waals surface area contributed by atoms with Crippen molar-refractivity contribution in [3.05, 3.63) is 93.7 Å². The van der Waals surface area contributed by atoms with Crippen LogP contribution in [0.5, 0.6) is 5.75 Å². The summed E-state index contributed by atoms with van der Waals surface area (Å²) in [6.45, 7) is 0.198. The molecule has 1 N–H and O–H groups in total. The van der Waals surface area contributed by atoms with E-state index in [-0.39, 0.29) is 12.1 Å². The van der Waals surface area contributed by atoms with E-state index in [1.807, 2.05) is 0 Å². The van der Waals surface area contributed by atoms with Gasteiger partial charge in [0.1, 0.15) is 11.3 Å². The van der Waals surface area contributed by atoms with Crippen LogP contribution in [0.2, 0.25) is 0 Å². The number of amides is 1. The van der Waals surface area contributed by atoms with Crippen LogP contribution in [0.25, 0.3) is 0 Å². The van der Waals surface area contributed by atoms with Crippen molar-refractivity contribution in [2.45, 2.75) is 6.54 Å². The topological polar surface area (TPSA) is 60.3 Å². The minimum Gasteiger partial charge on any atom is -0.497 e. The highest BCUT2D eigenvalue weighted by Gasteiger charge is 2.18. The molecule has 0 saturated carbocycles. The SMILES string of the molecule is COc1ccc(Cn2cccc(C(=O)Nc3ccc(F)c(F)c3F)c2=O)cc1. The average molecular weight is 388 g/mol. The van der Waals surface area contributed by atoms with E-state index in [4.69, 9.17) is 4.74 Å². The molecule has 2 aromatic carbocycles. The molecule has 5 nitrogen and oxygen atoms in total. The molecule has 8 heteroatoms. The number of aromatic nitrogens is 1. The molecule has 0 saturated heterocycles. The van der Waals surface area contributed by atoms with Crippen LogP contribution in [0.3, 0.4) is 0 Å². The molecule has 3 rings (SSSR count). The van der Waals surface area contributed by atoms with E-state index in [1.54, 1.807) is 24.3 Å². The summed E-state index contributed by atoms with van der Waals surface area (Å²) in [5.41, 5.74) is -0.639. The van der Waals surface area contributed by atoms with Gasteiger partial charge in [-0.1, -0.05) is 12.1 Å². The van der Waals surface area contributed by atoms with E-state index < -0.39 is 34.6 Å². The third-order valence-corrected chi connectivity index (χ3v) is 4.06. The fraction of sp³-hybridized carbons (Fsp3) is 0.100. The van der Waals surface area contributed by atoms with Gasteiger partial charge in [-0.25, -0.2) is 13.2 Å². The van der Waals surface area contributed by atoms with Crippen LogP contribution in [0.1, 0.15) is 15.9 Å². The van der Waals surface area contributed by atoms with E-state index in [0.29, 0.717) is 11.8 Å². The van der Waals surface area contributed by atoms with Gasteiger partial charge in [0.15, 0.2) is 17.5 Å². The third kappa shape index (κ3) is 3.90. The second-order valence-corrected chi connectivity index (χ2v) is 5.88. The van der Waals surface area contributed by atoms with Gasteiger partial charge >= 0.3 is 0 Å². The van der Waals surface area contributed by atoms with Gasteiger partial charge < -0.3 is 14.6 Å². The zero-order chi connectivity index (χ0) is 20.3. The number of benzene rings is 2. The summed E-state index contributed by atoms with van der Waals surface area (Å²) in [6.07, 6.45) is 1.50. The number of rotatable bonds is 5. The molecule has 1 heterocycles. The van der Waals surface area contributed by atoms with Gasteiger partial charge in [-0.15, -0.1) is 0 Å². The summed E-state index contributed by atoms with van der Waals surface area (Å²) in [5.74, 6) is -4.89. The summed E-state index contributed by atoms with van der Waals surface area (Å²) in [7, 11) is 1.54. The summed E-state index contributed by atoms with van der Waals surface area (Å²) in [5, 5.41) is 2.09. The van der Waals surface area contributed by atoms with Gasteiger partial charge in [0.05, 0.1) is 19.3 Å². The number of carbonyl (C=O) groups excluding carboxylic acids is 1. The number of nitrogens with zero attached hydrogens (tertiary/aromatic N) is 1. The standard InChI is InChI=1S/C20H15F3N2O3/c1-28-13-6-4-12(5-7-13)11-25-10-2-3-14(20(25)27)19(26)24-16-9-8-15(21)17(22)18(16)23/h2-10H,11H2,1H3,(H,24,26). The lowest BCUT2D eigenvalue weighted by atomic mass is 10.2. The largest absolute Gasteiger partial charge is 0.497 e. The van der Waals surface area contributed by atoms with Crippen molar-refractivity contribution < 1.29 is 22.7 Å².